The summed E-state index contributed by atoms with van der Waals surface area (Å²) in [5.41, 5.74) is 2.92. The van der Waals surface area contributed by atoms with Crippen LogP contribution in [0.15, 0.2) is 78.9 Å². The summed E-state index contributed by atoms with van der Waals surface area (Å²) in [6, 6.07) is 25.4. The van der Waals surface area contributed by atoms with Crippen LogP contribution in [-0.4, -0.2) is 19.1 Å². The van der Waals surface area contributed by atoms with Crippen LogP contribution in [0.3, 0.4) is 0 Å². The highest BCUT2D eigenvalue weighted by atomic mass is 16.5. The van der Waals surface area contributed by atoms with Gasteiger partial charge in [-0.2, -0.15) is 0 Å². The Morgan fingerprint density at radius 2 is 1.46 bits per heavy atom. The van der Waals surface area contributed by atoms with E-state index < -0.39 is 0 Å². The molecule has 1 amide bonds. The monoisotopic (exact) mass is 375 g/mol. The van der Waals surface area contributed by atoms with Crippen LogP contribution in [0.5, 0.6) is 11.5 Å². The fraction of sp³-hybridized carbons (Fsp3) is 0.208. The minimum Gasteiger partial charge on any atom is -0.494 e. The van der Waals surface area contributed by atoms with Gasteiger partial charge in [0.2, 0.25) is 5.91 Å². The van der Waals surface area contributed by atoms with Crippen LogP contribution in [0.25, 0.3) is 11.1 Å². The van der Waals surface area contributed by atoms with Crippen LogP contribution in [0.1, 0.15) is 19.8 Å². The Labute approximate surface area is 166 Å². The van der Waals surface area contributed by atoms with E-state index in [1.165, 1.54) is 0 Å². The molecule has 0 unspecified atom stereocenters. The van der Waals surface area contributed by atoms with Gasteiger partial charge < -0.3 is 14.8 Å². The van der Waals surface area contributed by atoms with Crippen molar-refractivity contribution in [3.05, 3.63) is 78.9 Å². The first-order valence-electron chi connectivity index (χ1n) is 9.56. The van der Waals surface area contributed by atoms with Crippen LogP contribution in [0.2, 0.25) is 0 Å². The summed E-state index contributed by atoms with van der Waals surface area (Å²) < 4.78 is 11.1. The van der Waals surface area contributed by atoms with Gasteiger partial charge in [0.15, 0.2) is 0 Å². The summed E-state index contributed by atoms with van der Waals surface area (Å²) in [6.45, 7) is 3.08. The number of rotatable bonds is 9. The molecule has 0 aliphatic rings. The average molecular weight is 375 g/mol. The van der Waals surface area contributed by atoms with Gasteiger partial charge in [0.25, 0.3) is 0 Å². The molecular weight excluding hydrogens is 350 g/mol. The van der Waals surface area contributed by atoms with Gasteiger partial charge in [0.05, 0.1) is 13.2 Å². The lowest BCUT2D eigenvalue weighted by atomic mass is 10.0. The lowest BCUT2D eigenvalue weighted by molar-refractivity contribution is -0.116. The summed E-state index contributed by atoms with van der Waals surface area (Å²) in [4.78, 5) is 12.3. The third kappa shape index (κ3) is 5.61. The first-order chi connectivity index (χ1) is 13.8. The maximum Gasteiger partial charge on any atom is 0.224 e. The Morgan fingerprint density at radius 1 is 0.821 bits per heavy atom. The quantitative estimate of drug-likeness (QED) is 0.499. The highest BCUT2D eigenvalue weighted by Crippen LogP contribution is 2.27. The molecule has 4 heteroatoms. The molecule has 0 saturated heterocycles. The Balaban J connectivity index is 1.47. The van der Waals surface area contributed by atoms with E-state index in [0.29, 0.717) is 26.1 Å². The Kier molecular flexibility index (Phi) is 7.08. The van der Waals surface area contributed by atoms with Crippen molar-refractivity contribution in [2.75, 3.05) is 18.5 Å². The third-order valence-electron chi connectivity index (χ3n) is 4.24. The van der Waals surface area contributed by atoms with Gasteiger partial charge in [-0.05, 0) is 49.2 Å². The van der Waals surface area contributed by atoms with Crippen molar-refractivity contribution in [1.82, 2.24) is 0 Å². The Morgan fingerprint density at radius 3 is 2.18 bits per heavy atom. The second-order valence-corrected chi connectivity index (χ2v) is 6.32. The maximum atomic E-state index is 12.3. The Hall–Kier alpha value is -3.27. The van der Waals surface area contributed by atoms with E-state index in [0.717, 1.165) is 28.3 Å². The molecule has 0 atom stereocenters. The summed E-state index contributed by atoms with van der Waals surface area (Å²) in [7, 11) is 0. The molecule has 3 aromatic carbocycles. The van der Waals surface area contributed by atoms with Crippen LogP contribution in [-0.2, 0) is 4.79 Å². The van der Waals surface area contributed by atoms with Gasteiger partial charge in [0.1, 0.15) is 11.5 Å². The van der Waals surface area contributed by atoms with Crippen molar-refractivity contribution in [3.8, 4) is 22.6 Å². The second kappa shape index (κ2) is 10.2. The lowest BCUT2D eigenvalue weighted by Gasteiger charge is -2.12. The van der Waals surface area contributed by atoms with E-state index in [4.69, 9.17) is 9.47 Å². The highest BCUT2D eigenvalue weighted by Gasteiger charge is 2.08. The molecule has 0 aliphatic carbocycles. The largest absolute Gasteiger partial charge is 0.494 e. The molecule has 0 bridgehead atoms. The molecule has 3 aromatic rings. The summed E-state index contributed by atoms with van der Waals surface area (Å²) >= 11 is 0. The standard InChI is InChI=1S/C24H25NO3/c1-2-27-20-14-16-21(17-15-20)28-18-8-13-24(26)25-23-12-7-6-11-22(23)19-9-4-3-5-10-19/h3-7,9-12,14-17H,2,8,13,18H2,1H3,(H,25,26). The van der Waals surface area contributed by atoms with Crippen molar-refractivity contribution >= 4 is 11.6 Å². The number of amides is 1. The minimum absolute atomic E-state index is 0.0151. The molecule has 0 heterocycles. The number of hydrogen-bond acceptors (Lipinski definition) is 3. The van der Waals surface area contributed by atoms with Gasteiger partial charge in [-0.25, -0.2) is 0 Å². The van der Waals surface area contributed by atoms with Crippen molar-refractivity contribution in [3.63, 3.8) is 0 Å². The zero-order valence-electron chi connectivity index (χ0n) is 16.1. The molecule has 0 spiro atoms. The van der Waals surface area contributed by atoms with E-state index in [-0.39, 0.29) is 5.91 Å². The number of carbonyl (C=O) groups excluding carboxylic acids is 1. The van der Waals surface area contributed by atoms with Gasteiger partial charge in [0, 0.05) is 17.7 Å². The first kappa shape index (κ1) is 19.5. The van der Waals surface area contributed by atoms with Gasteiger partial charge in [-0.1, -0.05) is 48.5 Å². The average Bonchev–Trinajstić information content (AvgIpc) is 2.74. The van der Waals surface area contributed by atoms with Gasteiger partial charge in [-0.3, -0.25) is 4.79 Å². The summed E-state index contributed by atoms with van der Waals surface area (Å²) in [5.74, 6) is 1.59. The maximum absolute atomic E-state index is 12.3. The summed E-state index contributed by atoms with van der Waals surface area (Å²) in [5, 5.41) is 3.02. The lowest BCUT2D eigenvalue weighted by Crippen LogP contribution is -2.13. The molecule has 28 heavy (non-hydrogen) atoms. The van der Waals surface area contributed by atoms with Gasteiger partial charge >= 0.3 is 0 Å². The molecule has 0 aliphatic heterocycles. The predicted molar refractivity (Wildman–Crippen MR) is 113 cm³/mol. The van der Waals surface area contributed by atoms with Crippen molar-refractivity contribution in [1.29, 1.82) is 0 Å². The van der Waals surface area contributed by atoms with Crippen LogP contribution < -0.4 is 14.8 Å². The highest BCUT2D eigenvalue weighted by molar-refractivity contribution is 5.95. The molecule has 0 saturated carbocycles. The molecule has 4 nitrogen and oxygen atoms in total. The van der Waals surface area contributed by atoms with Crippen LogP contribution in [0.4, 0.5) is 5.69 Å². The molecule has 0 fully saturated rings. The van der Waals surface area contributed by atoms with Crippen LogP contribution >= 0.6 is 0 Å². The zero-order chi connectivity index (χ0) is 19.6. The van der Waals surface area contributed by atoms with Crippen molar-refractivity contribution in [2.45, 2.75) is 19.8 Å². The molecule has 144 valence electrons. The fourth-order valence-corrected chi connectivity index (χ4v) is 2.90. The van der Waals surface area contributed by atoms with Crippen molar-refractivity contribution < 1.29 is 14.3 Å². The molecular formula is C24H25NO3. The second-order valence-electron chi connectivity index (χ2n) is 6.32. The smallest absolute Gasteiger partial charge is 0.224 e. The molecule has 1 N–H and O–H groups in total. The van der Waals surface area contributed by atoms with E-state index in [1.807, 2.05) is 85.8 Å². The van der Waals surface area contributed by atoms with Gasteiger partial charge in [-0.15, -0.1) is 0 Å². The normalized spacial score (nSPS) is 10.3. The topological polar surface area (TPSA) is 47.6 Å². The van der Waals surface area contributed by atoms with Crippen molar-refractivity contribution in [2.24, 2.45) is 0 Å². The van der Waals surface area contributed by atoms with E-state index in [1.54, 1.807) is 0 Å². The molecule has 0 aromatic heterocycles. The number of nitrogens with one attached hydrogen (secondary N) is 1. The minimum atomic E-state index is -0.0151. The molecule has 0 radical (unpaired) electrons. The Bertz CT molecular complexity index is 876. The fourth-order valence-electron chi connectivity index (χ4n) is 2.90. The van der Waals surface area contributed by atoms with E-state index in [2.05, 4.69) is 5.32 Å². The third-order valence-corrected chi connectivity index (χ3v) is 4.24. The summed E-state index contributed by atoms with van der Waals surface area (Å²) in [6.07, 6.45) is 1.05. The number of carbonyl (C=O) groups is 1. The number of benzene rings is 3. The number of hydrogen-bond donors (Lipinski definition) is 1. The number of para-hydroxylation sites is 1. The predicted octanol–water partition coefficient (Wildman–Crippen LogP) is 5.55. The zero-order valence-corrected chi connectivity index (χ0v) is 16.1. The number of ether oxygens (including phenoxy) is 2. The molecule has 3 rings (SSSR count). The van der Waals surface area contributed by atoms with E-state index >= 15 is 0 Å². The SMILES string of the molecule is CCOc1ccc(OCCCC(=O)Nc2ccccc2-c2ccccc2)cc1. The van der Waals surface area contributed by atoms with E-state index in [9.17, 15) is 4.79 Å². The van der Waals surface area contributed by atoms with Crippen LogP contribution in [0, 0.1) is 0 Å². The number of anilines is 1. The first-order valence-corrected chi connectivity index (χ1v) is 9.56.